The highest BCUT2D eigenvalue weighted by Gasteiger charge is 2.37. The molecule has 2 aromatic rings. The van der Waals surface area contributed by atoms with E-state index in [0.29, 0.717) is 23.4 Å². The maximum Gasteiger partial charge on any atom is 0.416 e. The van der Waals surface area contributed by atoms with Gasteiger partial charge in [0.2, 0.25) is 15.9 Å². The lowest BCUT2D eigenvalue weighted by Crippen LogP contribution is -2.52. The van der Waals surface area contributed by atoms with Crippen molar-refractivity contribution in [1.82, 2.24) is 0 Å². The molecule has 0 aromatic heterocycles. The number of rotatable bonds is 3. The predicted octanol–water partition coefficient (Wildman–Crippen LogP) is 5.02. The Morgan fingerprint density at radius 2 is 1.76 bits per heavy atom. The predicted molar refractivity (Wildman–Crippen MR) is 134 cm³/mol. The van der Waals surface area contributed by atoms with Crippen LogP contribution in [0, 0.1) is 0 Å². The van der Waals surface area contributed by atoms with Gasteiger partial charge in [0.25, 0.3) is 0 Å². The average Bonchev–Trinajstić information content (AvgIpc) is 3.15. The molecule has 37 heavy (non-hydrogen) atoms. The summed E-state index contributed by atoms with van der Waals surface area (Å²) in [5.74, 6) is -0.387. The Kier molecular flexibility index (Phi) is 6.91. The van der Waals surface area contributed by atoms with Gasteiger partial charge in [0, 0.05) is 20.0 Å². The number of nitrogens with zero attached hydrogens (tertiary/aromatic N) is 3. The van der Waals surface area contributed by atoms with E-state index in [-0.39, 0.29) is 36.0 Å². The number of sulfonamides is 1. The maximum absolute atomic E-state index is 13.8. The number of carbonyl (C=O) groups is 2. The molecule has 1 atom stereocenters. The van der Waals surface area contributed by atoms with Crippen molar-refractivity contribution in [2.24, 2.45) is 0 Å². The van der Waals surface area contributed by atoms with Crippen molar-refractivity contribution in [2.75, 3.05) is 32.9 Å². The van der Waals surface area contributed by atoms with Gasteiger partial charge < -0.3 is 9.64 Å². The van der Waals surface area contributed by atoms with E-state index < -0.39 is 40.0 Å². The van der Waals surface area contributed by atoms with Crippen molar-refractivity contribution < 1.29 is 35.9 Å². The molecule has 2 amide bonds. The van der Waals surface area contributed by atoms with E-state index in [1.54, 1.807) is 32.9 Å². The number of carbonyl (C=O) groups excluding carboxylic acids is 2. The van der Waals surface area contributed by atoms with E-state index in [1.807, 2.05) is 0 Å². The molecule has 2 heterocycles. The van der Waals surface area contributed by atoms with Crippen LogP contribution in [0.5, 0.6) is 0 Å². The van der Waals surface area contributed by atoms with E-state index in [9.17, 15) is 31.2 Å². The lowest BCUT2D eigenvalue weighted by molar-refractivity contribution is -0.137. The lowest BCUT2D eigenvalue weighted by Gasteiger charge is -2.40. The second-order valence-electron chi connectivity index (χ2n) is 9.49. The molecule has 2 aliphatic rings. The van der Waals surface area contributed by atoms with E-state index >= 15 is 0 Å². The van der Waals surface area contributed by atoms with Gasteiger partial charge >= 0.3 is 12.3 Å². The molecular weight excluding hydrogens is 511 g/mol. The second kappa shape index (κ2) is 9.55. The highest BCUT2D eigenvalue weighted by Crippen LogP contribution is 2.42. The van der Waals surface area contributed by atoms with E-state index in [1.165, 1.54) is 28.9 Å². The van der Waals surface area contributed by atoms with Crippen LogP contribution in [0.2, 0.25) is 0 Å². The van der Waals surface area contributed by atoms with Crippen LogP contribution in [0.25, 0.3) is 11.1 Å². The fraction of sp³-hybridized carbons (Fsp3) is 0.440. The highest BCUT2D eigenvalue weighted by atomic mass is 32.2. The zero-order valence-corrected chi connectivity index (χ0v) is 21.7. The van der Waals surface area contributed by atoms with E-state index in [0.717, 1.165) is 16.4 Å². The summed E-state index contributed by atoms with van der Waals surface area (Å²) >= 11 is 0. The molecule has 2 aromatic carbocycles. The summed E-state index contributed by atoms with van der Waals surface area (Å²) in [5, 5.41) is 0. The Morgan fingerprint density at radius 3 is 2.32 bits per heavy atom. The Balaban J connectivity index is 1.89. The van der Waals surface area contributed by atoms with Gasteiger partial charge in [-0.05, 0) is 68.7 Å². The molecule has 1 saturated heterocycles. The average molecular weight is 540 g/mol. The quantitative estimate of drug-likeness (QED) is 0.547. The lowest BCUT2D eigenvalue weighted by atomic mass is 9.98. The molecule has 200 valence electrons. The molecule has 2 aliphatic heterocycles. The van der Waals surface area contributed by atoms with Crippen molar-refractivity contribution in [1.29, 1.82) is 0 Å². The van der Waals surface area contributed by atoms with Crippen LogP contribution in [0.3, 0.4) is 0 Å². The van der Waals surface area contributed by atoms with Crippen molar-refractivity contribution in [3.8, 4) is 11.1 Å². The Hall–Kier alpha value is -3.28. The second-order valence-corrected chi connectivity index (χ2v) is 11.5. The Morgan fingerprint density at radius 1 is 1.05 bits per heavy atom. The molecule has 0 N–H and O–H groups in total. The standard InChI is InChI=1S/C25H28F3N3O5S/c1-15(2)36-24(33)31-16(3)14-29(17(4)32)22-7-6-18(12-23(22)31)19-10-20(25(26,27)28)13-21(11-19)30-8-5-9-37(30,34)35/h6-7,10-13,15-16H,5,8-9,14H2,1-4H3/t16-/m0/s1. The summed E-state index contributed by atoms with van der Waals surface area (Å²) in [4.78, 5) is 28.2. The largest absolute Gasteiger partial charge is 0.446 e. The van der Waals surface area contributed by atoms with Gasteiger partial charge in [-0.1, -0.05) is 6.07 Å². The maximum atomic E-state index is 13.8. The first-order valence-electron chi connectivity index (χ1n) is 11.8. The third-order valence-electron chi connectivity index (χ3n) is 6.29. The number of anilines is 3. The summed E-state index contributed by atoms with van der Waals surface area (Å²) in [7, 11) is -3.72. The topological polar surface area (TPSA) is 87.2 Å². The number of hydrogen-bond donors (Lipinski definition) is 0. The Bertz CT molecular complexity index is 1340. The first kappa shape index (κ1) is 26.8. The van der Waals surface area contributed by atoms with Gasteiger partial charge in [0.15, 0.2) is 0 Å². The van der Waals surface area contributed by atoms with Crippen molar-refractivity contribution >= 4 is 39.1 Å². The summed E-state index contributed by atoms with van der Waals surface area (Å²) < 4.78 is 72.7. The van der Waals surface area contributed by atoms with Crippen LogP contribution < -0.4 is 14.1 Å². The summed E-state index contributed by atoms with van der Waals surface area (Å²) in [6, 6.07) is 7.35. The van der Waals surface area contributed by atoms with Gasteiger partial charge in [-0.15, -0.1) is 0 Å². The molecule has 0 bridgehead atoms. The normalized spacial score (nSPS) is 19.2. The zero-order chi connectivity index (χ0) is 27.3. The van der Waals surface area contributed by atoms with E-state index in [2.05, 4.69) is 0 Å². The molecule has 0 saturated carbocycles. The summed E-state index contributed by atoms with van der Waals surface area (Å²) in [6.45, 7) is 6.84. The van der Waals surface area contributed by atoms with Gasteiger partial charge in [-0.25, -0.2) is 13.2 Å². The third kappa shape index (κ3) is 5.25. The number of ether oxygens (including phenoxy) is 1. The van der Waals surface area contributed by atoms with Gasteiger partial charge in [-0.2, -0.15) is 13.2 Å². The van der Waals surface area contributed by atoms with Crippen LogP contribution in [0.4, 0.5) is 35.0 Å². The summed E-state index contributed by atoms with van der Waals surface area (Å²) in [6.07, 6.45) is -5.45. The molecule has 0 unspecified atom stereocenters. The number of benzene rings is 2. The molecule has 0 spiro atoms. The minimum Gasteiger partial charge on any atom is -0.446 e. The van der Waals surface area contributed by atoms with Crippen molar-refractivity contribution in [3.63, 3.8) is 0 Å². The van der Waals surface area contributed by atoms with Crippen LogP contribution in [-0.4, -0.2) is 51.4 Å². The molecule has 1 fully saturated rings. The molecule has 0 radical (unpaired) electrons. The first-order chi connectivity index (χ1) is 17.2. The zero-order valence-electron chi connectivity index (χ0n) is 20.9. The smallest absolute Gasteiger partial charge is 0.416 e. The fourth-order valence-corrected chi connectivity index (χ4v) is 6.20. The Labute approximate surface area is 213 Å². The SMILES string of the molecule is CC(=O)N1C[C@H](C)N(C(=O)OC(C)C)c2cc(-c3cc(N4CCCS4(=O)=O)cc(C(F)(F)F)c3)ccc21. The molecule has 0 aliphatic carbocycles. The van der Waals surface area contributed by atoms with Crippen molar-refractivity contribution in [3.05, 3.63) is 42.0 Å². The number of amides is 2. The van der Waals surface area contributed by atoms with Gasteiger partial charge in [0.05, 0.1) is 40.5 Å². The molecule has 4 rings (SSSR count). The fourth-order valence-electron chi connectivity index (χ4n) is 4.66. The number of hydrogen-bond acceptors (Lipinski definition) is 5. The first-order valence-corrected chi connectivity index (χ1v) is 13.4. The molecule has 8 nitrogen and oxygen atoms in total. The van der Waals surface area contributed by atoms with Gasteiger partial charge in [-0.3, -0.25) is 14.0 Å². The minimum atomic E-state index is -4.71. The summed E-state index contributed by atoms with van der Waals surface area (Å²) in [5.41, 5.74) is 0.112. The van der Waals surface area contributed by atoms with E-state index in [4.69, 9.17) is 4.74 Å². The third-order valence-corrected chi connectivity index (χ3v) is 8.16. The highest BCUT2D eigenvalue weighted by molar-refractivity contribution is 7.93. The number of fused-ring (bicyclic) bond motifs is 1. The van der Waals surface area contributed by atoms with Crippen LogP contribution in [-0.2, 0) is 25.7 Å². The van der Waals surface area contributed by atoms with Crippen LogP contribution in [0.15, 0.2) is 36.4 Å². The van der Waals surface area contributed by atoms with Gasteiger partial charge in [0.1, 0.15) is 0 Å². The number of alkyl halides is 3. The van der Waals surface area contributed by atoms with Crippen molar-refractivity contribution in [2.45, 2.75) is 52.4 Å². The van der Waals surface area contributed by atoms with Crippen LogP contribution in [0.1, 0.15) is 39.7 Å². The number of halogens is 3. The molecular formula is C25H28F3N3O5S. The van der Waals surface area contributed by atoms with Crippen LogP contribution >= 0.6 is 0 Å². The monoisotopic (exact) mass is 539 g/mol. The minimum absolute atomic E-state index is 0.0742. The molecule has 12 heteroatoms.